The minimum atomic E-state index is 0.0261. The lowest BCUT2D eigenvalue weighted by molar-refractivity contribution is -0.126. The molecule has 0 N–H and O–H groups in total. The second-order valence-corrected chi connectivity index (χ2v) is 9.51. The lowest BCUT2D eigenvalue weighted by atomic mass is 10.1. The van der Waals surface area contributed by atoms with Crippen molar-refractivity contribution in [2.45, 2.75) is 65.8 Å². The van der Waals surface area contributed by atoms with E-state index in [4.69, 9.17) is 23.2 Å². The van der Waals surface area contributed by atoms with E-state index >= 15 is 0 Å². The second kappa shape index (κ2) is 17.4. The number of piperazine rings is 1. The summed E-state index contributed by atoms with van der Waals surface area (Å²) in [7, 11) is 2.09. The summed E-state index contributed by atoms with van der Waals surface area (Å²) in [6, 6.07) is 5.95. The third kappa shape index (κ3) is 10.1. The van der Waals surface area contributed by atoms with Gasteiger partial charge in [-0.15, -0.1) is 0 Å². The van der Waals surface area contributed by atoms with Crippen molar-refractivity contribution in [1.82, 2.24) is 14.7 Å². The molecule has 0 spiro atoms. The number of carbonyl (C=O) groups excluding carboxylic acids is 2. The zero-order valence-electron chi connectivity index (χ0n) is 22.6. The Morgan fingerprint density at radius 1 is 1.17 bits per heavy atom. The Balaban J connectivity index is 0.000000417. The van der Waals surface area contributed by atoms with E-state index < -0.39 is 0 Å². The minimum Gasteiger partial charge on any atom is -0.340 e. The predicted molar refractivity (Wildman–Crippen MR) is 153 cm³/mol. The number of amides is 1. The molecule has 1 aromatic rings. The topological polar surface area (TPSA) is 43.9 Å². The first-order valence-electron chi connectivity index (χ1n) is 13.0. The molecule has 2 heterocycles. The molecule has 200 valence electrons. The molecule has 1 atom stereocenters. The highest BCUT2D eigenvalue weighted by Crippen LogP contribution is 2.22. The SMILES string of the molecule is C=C1CN(C(=O)/C=C/C2CCCN2C)CCN1/C(C=O)=C\CC.CC.CCCc1cc(Cl)ccc1Cl. The summed E-state index contributed by atoms with van der Waals surface area (Å²) >= 11 is 11.7. The third-order valence-corrected chi connectivity index (χ3v) is 6.67. The van der Waals surface area contributed by atoms with Crippen molar-refractivity contribution in [3.05, 3.63) is 70.0 Å². The van der Waals surface area contributed by atoms with Gasteiger partial charge < -0.3 is 9.80 Å². The lowest BCUT2D eigenvalue weighted by Gasteiger charge is -2.37. The van der Waals surface area contributed by atoms with Crippen LogP contribution < -0.4 is 0 Å². The van der Waals surface area contributed by atoms with Crippen LogP contribution in [0.5, 0.6) is 0 Å². The van der Waals surface area contributed by atoms with Crippen molar-refractivity contribution in [3.63, 3.8) is 0 Å². The van der Waals surface area contributed by atoms with Gasteiger partial charge in [-0.2, -0.15) is 0 Å². The van der Waals surface area contributed by atoms with Crippen molar-refractivity contribution in [2.24, 2.45) is 0 Å². The van der Waals surface area contributed by atoms with E-state index in [1.807, 2.05) is 56.0 Å². The lowest BCUT2D eigenvalue weighted by Crippen LogP contribution is -2.46. The summed E-state index contributed by atoms with van der Waals surface area (Å²) in [6.07, 6.45) is 11.7. The normalized spacial score (nSPS) is 18.5. The molecule has 3 rings (SSSR count). The van der Waals surface area contributed by atoms with Gasteiger partial charge in [0.2, 0.25) is 5.91 Å². The number of halogens is 2. The highest BCUT2D eigenvalue weighted by atomic mass is 35.5. The molecule has 1 aromatic carbocycles. The van der Waals surface area contributed by atoms with Crippen LogP contribution in [0.1, 0.15) is 58.9 Å². The molecule has 0 aromatic heterocycles. The zero-order valence-corrected chi connectivity index (χ0v) is 24.1. The number of aryl methyl sites for hydroxylation is 1. The van der Waals surface area contributed by atoms with Gasteiger partial charge in [-0.1, -0.05) is 76.0 Å². The summed E-state index contributed by atoms with van der Waals surface area (Å²) in [5, 5.41) is 1.58. The number of benzene rings is 1. The summed E-state index contributed by atoms with van der Waals surface area (Å²) in [4.78, 5) is 29.5. The number of hydrogen-bond acceptors (Lipinski definition) is 4. The van der Waals surface area contributed by atoms with Gasteiger partial charge in [-0.05, 0) is 63.0 Å². The van der Waals surface area contributed by atoms with E-state index in [-0.39, 0.29) is 5.91 Å². The van der Waals surface area contributed by atoms with Gasteiger partial charge >= 0.3 is 0 Å². The smallest absolute Gasteiger partial charge is 0.246 e. The molecule has 0 bridgehead atoms. The first-order chi connectivity index (χ1) is 17.3. The maximum absolute atomic E-state index is 12.4. The van der Waals surface area contributed by atoms with Gasteiger partial charge in [0, 0.05) is 40.9 Å². The monoisotopic (exact) mass is 535 g/mol. The van der Waals surface area contributed by atoms with Gasteiger partial charge in [-0.25, -0.2) is 0 Å². The van der Waals surface area contributed by atoms with Gasteiger partial charge in [-0.3, -0.25) is 14.5 Å². The number of hydrogen-bond donors (Lipinski definition) is 0. The van der Waals surface area contributed by atoms with Gasteiger partial charge in [0.25, 0.3) is 0 Å². The third-order valence-electron chi connectivity index (χ3n) is 6.07. The molecule has 2 aliphatic heterocycles. The van der Waals surface area contributed by atoms with Crippen LogP contribution in [0.15, 0.2) is 54.4 Å². The first-order valence-corrected chi connectivity index (χ1v) is 13.8. The van der Waals surface area contributed by atoms with Crippen molar-refractivity contribution in [2.75, 3.05) is 33.2 Å². The largest absolute Gasteiger partial charge is 0.340 e. The molecule has 1 unspecified atom stereocenters. The van der Waals surface area contributed by atoms with Crippen LogP contribution in [0.3, 0.4) is 0 Å². The fourth-order valence-corrected chi connectivity index (χ4v) is 4.58. The molecular weight excluding hydrogens is 493 g/mol. The van der Waals surface area contributed by atoms with Gasteiger partial charge in [0.05, 0.1) is 12.2 Å². The second-order valence-electron chi connectivity index (χ2n) is 8.67. The van der Waals surface area contributed by atoms with Crippen molar-refractivity contribution < 1.29 is 9.59 Å². The van der Waals surface area contributed by atoms with E-state index in [0.717, 1.165) is 59.8 Å². The zero-order chi connectivity index (χ0) is 27.1. The highest BCUT2D eigenvalue weighted by Gasteiger charge is 2.24. The molecule has 0 aliphatic carbocycles. The standard InChI is InChI=1S/C18H27N3O2.C9H10Cl2.C2H6/c1-4-6-17(14-22)21-12-11-20(13-15(21)2)18(23)9-8-16-7-5-10-19(16)3;1-2-3-7-6-8(10)4-5-9(7)11;1-2/h6,8-9,14,16H,2,4-5,7,10-13H2,1,3H3;4-6H,2-3H2,1H3;1-2H3/b9-8+,17-6-;;. The van der Waals surface area contributed by atoms with Crippen LogP contribution in [0, 0.1) is 0 Å². The van der Waals surface area contributed by atoms with Crippen LogP contribution in [0.2, 0.25) is 10.0 Å². The van der Waals surface area contributed by atoms with Gasteiger partial charge in [0.1, 0.15) is 0 Å². The number of aldehydes is 1. The molecule has 7 heteroatoms. The van der Waals surface area contributed by atoms with E-state index in [0.29, 0.717) is 31.4 Å². The molecule has 0 saturated carbocycles. The predicted octanol–water partition coefficient (Wildman–Crippen LogP) is 6.76. The van der Waals surface area contributed by atoms with E-state index in [2.05, 4.69) is 25.5 Å². The van der Waals surface area contributed by atoms with Crippen molar-refractivity contribution in [3.8, 4) is 0 Å². The highest BCUT2D eigenvalue weighted by molar-refractivity contribution is 6.33. The number of nitrogens with zero attached hydrogens (tertiary/aromatic N) is 3. The Labute approximate surface area is 228 Å². The Morgan fingerprint density at radius 2 is 1.89 bits per heavy atom. The summed E-state index contributed by atoms with van der Waals surface area (Å²) < 4.78 is 0. The van der Waals surface area contributed by atoms with Crippen LogP contribution in [0.4, 0.5) is 0 Å². The summed E-state index contributed by atoms with van der Waals surface area (Å²) in [5.41, 5.74) is 2.58. The van der Waals surface area contributed by atoms with Gasteiger partial charge in [0.15, 0.2) is 6.29 Å². The number of rotatable bonds is 7. The first kappa shape index (κ1) is 31.9. The van der Waals surface area contributed by atoms with Crippen LogP contribution in [0.25, 0.3) is 0 Å². The number of likely N-dealkylation sites (N-methyl/N-ethyl adjacent to an activating group) is 1. The average molecular weight is 537 g/mol. The van der Waals surface area contributed by atoms with E-state index in [9.17, 15) is 9.59 Å². The maximum atomic E-state index is 12.4. The Bertz CT molecular complexity index is 914. The number of allylic oxidation sites excluding steroid dienone is 2. The van der Waals surface area contributed by atoms with Crippen LogP contribution in [-0.2, 0) is 16.0 Å². The summed E-state index contributed by atoms with van der Waals surface area (Å²) in [5.74, 6) is 0.0261. The number of carbonyl (C=O) groups is 2. The van der Waals surface area contributed by atoms with E-state index in [1.54, 1.807) is 11.0 Å². The molecule has 2 saturated heterocycles. The molecule has 36 heavy (non-hydrogen) atoms. The minimum absolute atomic E-state index is 0.0261. The quantitative estimate of drug-likeness (QED) is 0.285. The Morgan fingerprint density at radius 3 is 2.44 bits per heavy atom. The average Bonchev–Trinajstić information content (AvgIpc) is 3.30. The Kier molecular flexibility index (Phi) is 15.4. The molecule has 5 nitrogen and oxygen atoms in total. The fraction of sp³-hybridized carbons (Fsp3) is 0.517. The molecule has 2 aliphatic rings. The van der Waals surface area contributed by atoms with Crippen molar-refractivity contribution in [1.29, 1.82) is 0 Å². The van der Waals surface area contributed by atoms with Crippen molar-refractivity contribution >= 4 is 35.4 Å². The molecular formula is C29H43Cl2N3O2. The molecule has 1 amide bonds. The maximum Gasteiger partial charge on any atom is 0.246 e. The molecule has 2 fully saturated rings. The fourth-order valence-electron chi connectivity index (χ4n) is 4.18. The summed E-state index contributed by atoms with van der Waals surface area (Å²) in [6.45, 7) is 14.9. The molecule has 0 radical (unpaired) electrons. The van der Waals surface area contributed by atoms with Crippen LogP contribution in [-0.4, -0.2) is 66.2 Å². The van der Waals surface area contributed by atoms with Crippen LogP contribution >= 0.6 is 23.2 Å². The number of likely N-dealkylation sites (tertiary alicyclic amines) is 1. The van der Waals surface area contributed by atoms with E-state index in [1.165, 1.54) is 6.42 Å². The Hall–Kier alpha value is -2.08.